The summed E-state index contributed by atoms with van der Waals surface area (Å²) in [6.07, 6.45) is 2.58. The molecule has 0 spiro atoms. The molecule has 0 aromatic carbocycles. The molecule has 0 aliphatic carbocycles. The number of nitrogens with one attached hydrogen (secondary N) is 2. The van der Waals surface area contributed by atoms with E-state index in [1.54, 1.807) is 6.07 Å². The first kappa shape index (κ1) is 13.2. The number of nitrogens with zero attached hydrogens (tertiary/aromatic N) is 3. The van der Waals surface area contributed by atoms with Crippen LogP contribution in [0.25, 0.3) is 0 Å². The monoisotopic (exact) mass is 269 g/mol. The first-order valence-electron chi connectivity index (χ1n) is 5.95. The van der Waals surface area contributed by atoms with Crippen LogP contribution in [0.3, 0.4) is 0 Å². The summed E-state index contributed by atoms with van der Waals surface area (Å²) in [5, 5.41) is 6.14. The van der Waals surface area contributed by atoms with Crippen molar-refractivity contribution in [3.05, 3.63) is 17.5 Å². The smallest absolute Gasteiger partial charge is 0.239 e. The van der Waals surface area contributed by atoms with E-state index in [9.17, 15) is 4.79 Å². The lowest BCUT2D eigenvalue weighted by Gasteiger charge is -2.18. The molecule has 98 valence electrons. The SMILES string of the molecule is O=C(CN1CCCNCC1)Nc1ccnc(Cl)n1. The molecule has 1 fully saturated rings. The van der Waals surface area contributed by atoms with Gasteiger partial charge in [0.05, 0.1) is 6.54 Å². The number of carbonyl (C=O) groups is 1. The quantitative estimate of drug-likeness (QED) is 0.776. The van der Waals surface area contributed by atoms with E-state index in [0.29, 0.717) is 12.4 Å². The Kier molecular flexibility index (Phi) is 4.86. The lowest BCUT2D eigenvalue weighted by molar-refractivity contribution is -0.117. The van der Waals surface area contributed by atoms with Crippen molar-refractivity contribution in [1.29, 1.82) is 0 Å². The van der Waals surface area contributed by atoms with Gasteiger partial charge in [0, 0.05) is 19.3 Å². The number of halogens is 1. The van der Waals surface area contributed by atoms with Gasteiger partial charge in [-0.15, -0.1) is 0 Å². The van der Waals surface area contributed by atoms with E-state index in [1.165, 1.54) is 6.20 Å². The van der Waals surface area contributed by atoms with E-state index in [1.807, 2.05) is 0 Å². The van der Waals surface area contributed by atoms with E-state index in [2.05, 4.69) is 25.5 Å². The maximum atomic E-state index is 11.8. The second-order valence-corrected chi connectivity index (χ2v) is 4.48. The molecule has 1 saturated heterocycles. The summed E-state index contributed by atoms with van der Waals surface area (Å²) in [5.74, 6) is 0.361. The molecule has 1 aliphatic rings. The van der Waals surface area contributed by atoms with E-state index in [-0.39, 0.29) is 11.2 Å². The van der Waals surface area contributed by atoms with E-state index < -0.39 is 0 Å². The van der Waals surface area contributed by atoms with Gasteiger partial charge >= 0.3 is 0 Å². The summed E-state index contributed by atoms with van der Waals surface area (Å²) in [6.45, 7) is 4.14. The van der Waals surface area contributed by atoms with Crippen LogP contribution in [0.4, 0.5) is 5.82 Å². The van der Waals surface area contributed by atoms with Crippen LogP contribution in [0.2, 0.25) is 5.28 Å². The fourth-order valence-corrected chi connectivity index (χ4v) is 2.00. The first-order valence-corrected chi connectivity index (χ1v) is 6.33. The lowest BCUT2D eigenvalue weighted by atomic mass is 10.4. The minimum absolute atomic E-state index is 0.0772. The zero-order chi connectivity index (χ0) is 12.8. The third kappa shape index (κ3) is 4.21. The van der Waals surface area contributed by atoms with Gasteiger partial charge in [-0.1, -0.05) is 0 Å². The molecule has 1 aromatic rings. The van der Waals surface area contributed by atoms with Gasteiger partial charge in [-0.3, -0.25) is 9.69 Å². The van der Waals surface area contributed by atoms with E-state index in [0.717, 1.165) is 32.6 Å². The van der Waals surface area contributed by atoms with Crippen LogP contribution in [0.1, 0.15) is 6.42 Å². The largest absolute Gasteiger partial charge is 0.315 e. The number of anilines is 1. The van der Waals surface area contributed by atoms with Gasteiger partial charge in [0.2, 0.25) is 11.2 Å². The van der Waals surface area contributed by atoms with Gasteiger partial charge in [0.1, 0.15) is 5.82 Å². The van der Waals surface area contributed by atoms with Crippen molar-refractivity contribution in [3.63, 3.8) is 0 Å². The number of hydrogen-bond acceptors (Lipinski definition) is 5. The maximum absolute atomic E-state index is 11.8. The summed E-state index contributed by atoms with van der Waals surface area (Å²) in [7, 11) is 0. The van der Waals surface area contributed by atoms with Crippen molar-refractivity contribution in [2.24, 2.45) is 0 Å². The zero-order valence-electron chi connectivity index (χ0n) is 10.0. The second-order valence-electron chi connectivity index (χ2n) is 4.14. The van der Waals surface area contributed by atoms with Crippen LogP contribution in [0, 0.1) is 0 Å². The van der Waals surface area contributed by atoms with Gasteiger partial charge in [0.15, 0.2) is 0 Å². The molecule has 1 aliphatic heterocycles. The Morgan fingerprint density at radius 2 is 2.39 bits per heavy atom. The third-order valence-electron chi connectivity index (χ3n) is 2.69. The Morgan fingerprint density at radius 3 is 3.22 bits per heavy atom. The van der Waals surface area contributed by atoms with Crippen molar-refractivity contribution in [2.75, 3.05) is 38.0 Å². The highest BCUT2D eigenvalue weighted by molar-refractivity contribution is 6.28. The molecule has 1 aromatic heterocycles. The van der Waals surface area contributed by atoms with Crippen LogP contribution < -0.4 is 10.6 Å². The van der Waals surface area contributed by atoms with Crippen molar-refractivity contribution >= 4 is 23.3 Å². The van der Waals surface area contributed by atoms with Crippen LogP contribution in [0.5, 0.6) is 0 Å². The predicted octanol–water partition coefficient (Wildman–Crippen LogP) is 0.364. The minimum atomic E-state index is -0.0772. The van der Waals surface area contributed by atoms with Gasteiger partial charge in [-0.05, 0) is 37.2 Å². The standard InChI is InChI=1S/C11H16ClN5O/c12-11-14-4-2-9(16-11)15-10(18)8-17-6-1-3-13-5-7-17/h2,4,13H,1,3,5-8H2,(H,14,15,16,18). The molecule has 2 rings (SSSR count). The van der Waals surface area contributed by atoms with Crippen molar-refractivity contribution in [1.82, 2.24) is 20.2 Å². The molecule has 0 saturated carbocycles. The molecular weight excluding hydrogens is 254 g/mol. The molecular formula is C11H16ClN5O. The normalized spacial score (nSPS) is 17.2. The Hall–Kier alpha value is -1.24. The molecule has 0 radical (unpaired) electrons. The van der Waals surface area contributed by atoms with Crippen molar-refractivity contribution in [2.45, 2.75) is 6.42 Å². The highest BCUT2D eigenvalue weighted by Crippen LogP contribution is 2.06. The summed E-state index contributed by atoms with van der Waals surface area (Å²) < 4.78 is 0. The van der Waals surface area contributed by atoms with E-state index >= 15 is 0 Å². The number of rotatable bonds is 3. The highest BCUT2D eigenvalue weighted by Gasteiger charge is 2.13. The Labute approximate surface area is 111 Å². The molecule has 2 N–H and O–H groups in total. The summed E-state index contributed by atoms with van der Waals surface area (Å²) >= 11 is 5.65. The van der Waals surface area contributed by atoms with E-state index in [4.69, 9.17) is 11.6 Å². The minimum Gasteiger partial charge on any atom is -0.315 e. The molecule has 0 atom stereocenters. The number of aromatic nitrogens is 2. The first-order chi connectivity index (χ1) is 8.74. The molecule has 0 bridgehead atoms. The fraction of sp³-hybridized carbons (Fsp3) is 0.545. The Morgan fingerprint density at radius 1 is 1.50 bits per heavy atom. The van der Waals surface area contributed by atoms with Gasteiger partial charge in [0.25, 0.3) is 0 Å². The lowest BCUT2D eigenvalue weighted by Crippen LogP contribution is -2.35. The van der Waals surface area contributed by atoms with Gasteiger partial charge < -0.3 is 10.6 Å². The summed E-state index contributed by atoms with van der Waals surface area (Å²) in [4.78, 5) is 21.6. The van der Waals surface area contributed by atoms with Crippen molar-refractivity contribution < 1.29 is 4.79 Å². The molecule has 1 amide bonds. The van der Waals surface area contributed by atoms with Crippen LogP contribution in [-0.2, 0) is 4.79 Å². The number of amides is 1. The fourth-order valence-electron chi connectivity index (χ4n) is 1.85. The molecule has 2 heterocycles. The molecule has 6 nitrogen and oxygen atoms in total. The van der Waals surface area contributed by atoms with Crippen LogP contribution >= 0.6 is 11.6 Å². The average molecular weight is 270 g/mol. The number of carbonyl (C=O) groups excluding carboxylic acids is 1. The Balaban J connectivity index is 1.84. The van der Waals surface area contributed by atoms with Crippen LogP contribution in [0.15, 0.2) is 12.3 Å². The summed E-state index contributed by atoms with van der Waals surface area (Å²) in [6, 6.07) is 1.62. The molecule has 7 heteroatoms. The third-order valence-corrected chi connectivity index (χ3v) is 2.88. The molecule has 0 unspecified atom stereocenters. The zero-order valence-corrected chi connectivity index (χ0v) is 10.8. The maximum Gasteiger partial charge on any atom is 0.239 e. The predicted molar refractivity (Wildman–Crippen MR) is 69.6 cm³/mol. The van der Waals surface area contributed by atoms with Crippen LogP contribution in [-0.4, -0.2) is 53.5 Å². The second kappa shape index (κ2) is 6.63. The average Bonchev–Trinajstić information content (AvgIpc) is 2.57. The number of hydrogen-bond donors (Lipinski definition) is 2. The summed E-state index contributed by atoms with van der Waals surface area (Å²) in [5.41, 5.74) is 0. The van der Waals surface area contributed by atoms with Crippen molar-refractivity contribution in [3.8, 4) is 0 Å². The topological polar surface area (TPSA) is 70.2 Å². The Bertz CT molecular complexity index is 406. The van der Waals surface area contributed by atoms with Gasteiger partial charge in [-0.25, -0.2) is 9.97 Å². The molecule has 18 heavy (non-hydrogen) atoms. The highest BCUT2D eigenvalue weighted by atomic mass is 35.5. The van der Waals surface area contributed by atoms with Gasteiger partial charge in [-0.2, -0.15) is 0 Å².